The molecule has 1 heterocycles. The summed E-state index contributed by atoms with van der Waals surface area (Å²) < 4.78 is 5.21. The number of hydrogen-bond donors (Lipinski definition) is 1. The van der Waals surface area contributed by atoms with Gasteiger partial charge < -0.3 is 10.1 Å². The van der Waals surface area contributed by atoms with E-state index in [1.807, 2.05) is 0 Å². The first-order valence-electron chi connectivity index (χ1n) is 6.76. The molecule has 0 radical (unpaired) electrons. The molecule has 1 aromatic rings. The summed E-state index contributed by atoms with van der Waals surface area (Å²) in [4.78, 5) is 34.5. The number of nitrogens with one attached hydrogen (secondary N) is 1. The van der Waals surface area contributed by atoms with Crippen molar-refractivity contribution in [3.05, 3.63) is 34.9 Å². The molecule has 1 saturated heterocycles. The van der Waals surface area contributed by atoms with E-state index in [2.05, 4.69) is 5.32 Å². The summed E-state index contributed by atoms with van der Waals surface area (Å²) >= 11 is 0. The predicted octanol–water partition coefficient (Wildman–Crippen LogP) is 1.25. The molecular formula is C15H15NO4. The van der Waals surface area contributed by atoms with E-state index >= 15 is 0 Å². The molecule has 1 atom stereocenters. The molecule has 0 unspecified atom stereocenters. The highest BCUT2D eigenvalue weighted by atomic mass is 16.5. The Hall–Kier alpha value is -2.17. The Kier molecular flexibility index (Phi) is 3.26. The van der Waals surface area contributed by atoms with Crippen molar-refractivity contribution in [2.45, 2.75) is 31.7 Å². The zero-order valence-corrected chi connectivity index (χ0v) is 11.0. The molecule has 3 rings (SSSR count). The molecule has 1 aliphatic heterocycles. The summed E-state index contributed by atoms with van der Waals surface area (Å²) in [7, 11) is 0. The Morgan fingerprint density at radius 2 is 2.10 bits per heavy atom. The minimum Gasteiger partial charge on any atom is -0.460 e. The van der Waals surface area contributed by atoms with Crippen molar-refractivity contribution in [2.75, 3.05) is 6.61 Å². The largest absolute Gasteiger partial charge is 0.460 e. The zero-order chi connectivity index (χ0) is 14.1. The summed E-state index contributed by atoms with van der Waals surface area (Å²) in [5.74, 6) is -0.274. The summed E-state index contributed by atoms with van der Waals surface area (Å²) in [5, 5.41) is 2.75. The van der Waals surface area contributed by atoms with Crippen LogP contribution in [0.4, 0.5) is 0 Å². The summed E-state index contributed by atoms with van der Waals surface area (Å²) in [5.41, 5.74) is 2.09. The molecule has 5 nitrogen and oxygen atoms in total. The zero-order valence-electron chi connectivity index (χ0n) is 11.0. The molecule has 0 saturated carbocycles. The van der Waals surface area contributed by atoms with E-state index in [1.54, 1.807) is 18.2 Å². The van der Waals surface area contributed by atoms with E-state index in [-0.39, 0.29) is 24.3 Å². The number of ketones is 1. The lowest BCUT2D eigenvalue weighted by Gasteiger charge is -2.11. The molecular weight excluding hydrogens is 258 g/mol. The quantitative estimate of drug-likeness (QED) is 0.841. The van der Waals surface area contributed by atoms with Crippen LogP contribution >= 0.6 is 0 Å². The SMILES string of the molecule is O=C1CC[C@@H](COC(=O)c2ccc3c(c2)CCC3=O)N1. The van der Waals surface area contributed by atoms with Gasteiger partial charge in [-0.25, -0.2) is 4.79 Å². The number of carbonyl (C=O) groups excluding carboxylic acids is 3. The van der Waals surface area contributed by atoms with Crippen LogP contribution in [0.15, 0.2) is 18.2 Å². The van der Waals surface area contributed by atoms with Gasteiger partial charge in [-0.3, -0.25) is 9.59 Å². The molecule has 1 N–H and O–H groups in total. The molecule has 5 heteroatoms. The number of carbonyl (C=O) groups is 3. The minimum atomic E-state index is -0.409. The lowest BCUT2D eigenvalue weighted by atomic mass is 10.1. The smallest absolute Gasteiger partial charge is 0.338 e. The Morgan fingerprint density at radius 1 is 1.25 bits per heavy atom. The van der Waals surface area contributed by atoms with Gasteiger partial charge in [0.05, 0.1) is 11.6 Å². The van der Waals surface area contributed by atoms with Crippen LogP contribution in [0.2, 0.25) is 0 Å². The highest BCUT2D eigenvalue weighted by Crippen LogP contribution is 2.23. The van der Waals surface area contributed by atoms with Crippen LogP contribution in [-0.4, -0.2) is 30.3 Å². The van der Waals surface area contributed by atoms with Crippen molar-refractivity contribution < 1.29 is 19.1 Å². The Morgan fingerprint density at radius 3 is 2.85 bits per heavy atom. The van der Waals surface area contributed by atoms with Gasteiger partial charge in [-0.2, -0.15) is 0 Å². The predicted molar refractivity (Wildman–Crippen MR) is 70.5 cm³/mol. The third kappa shape index (κ3) is 2.43. The highest BCUT2D eigenvalue weighted by molar-refractivity contribution is 6.01. The first-order chi connectivity index (χ1) is 9.63. The fourth-order valence-corrected chi connectivity index (χ4v) is 2.64. The molecule has 0 spiro atoms. The third-order valence-electron chi connectivity index (χ3n) is 3.76. The van der Waals surface area contributed by atoms with Crippen LogP contribution in [-0.2, 0) is 16.0 Å². The number of Topliss-reactive ketones (excluding diaryl/α,β-unsaturated/α-hetero) is 1. The van der Waals surface area contributed by atoms with E-state index in [0.29, 0.717) is 36.8 Å². The molecule has 2 aliphatic rings. The van der Waals surface area contributed by atoms with Gasteiger partial charge in [0.2, 0.25) is 5.91 Å². The normalized spacial score (nSPS) is 20.7. The van der Waals surface area contributed by atoms with E-state index in [0.717, 1.165) is 5.56 Å². The Balaban J connectivity index is 1.63. The lowest BCUT2D eigenvalue weighted by Crippen LogP contribution is -2.30. The van der Waals surface area contributed by atoms with Crippen molar-refractivity contribution in [3.8, 4) is 0 Å². The number of aryl methyl sites for hydroxylation is 1. The van der Waals surface area contributed by atoms with E-state index in [1.165, 1.54) is 0 Å². The molecule has 0 bridgehead atoms. The number of esters is 1. The van der Waals surface area contributed by atoms with Crippen LogP contribution in [0.25, 0.3) is 0 Å². The Labute approximate surface area is 116 Å². The number of hydrogen-bond acceptors (Lipinski definition) is 4. The first kappa shape index (κ1) is 12.8. The molecule has 104 valence electrons. The molecule has 1 fully saturated rings. The fourth-order valence-electron chi connectivity index (χ4n) is 2.64. The van der Waals surface area contributed by atoms with E-state index in [9.17, 15) is 14.4 Å². The van der Waals surface area contributed by atoms with Crippen LogP contribution in [0.5, 0.6) is 0 Å². The van der Waals surface area contributed by atoms with Crippen LogP contribution in [0.3, 0.4) is 0 Å². The van der Waals surface area contributed by atoms with Crippen molar-refractivity contribution in [1.29, 1.82) is 0 Å². The number of ether oxygens (including phenoxy) is 1. The lowest BCUT2D eigenvalue weighted by molar-refractivity contribution is -0.119. The van der Waals surface area contributed by atoms with Crippen LogP contribution in [0, 0.1) is 0 Å². The number of rotatable bonds is 3. The maximum atomic E-state index is 11.9. The Bertz CT molecular complexity index is 594. The summed E-state index contributed by atoms with van der Waals surface area (Å²) in [6.45, 7) is 0.195. The van der Waals surface area contributed by atoms with Crippen molar-refractivity contribution in [1.82, 2.24) is 5.32 Å². The molecule has 1 aliphatic carbocycles. The van der Waals surface area contributed by atoms with Crippen molar-refractivity contribution in [3.63, 3.8) is 0 Å². The molecule has 1 aromatic carbocycles. The third-order valence-corrected chi connectivity index (χ3v) is 3.76. The van der Waals surface area contributed by atoms with Gasteiger partial charge in [-0.05, 0) is 30.5 Å². The standard InChI is InChI=1S/C15H15NO4/c17-13-5-2-9-7-10(1-4-12(9)13)15(19)20-8-11-3-6-14(18)16-11/h1,4,7,11H,2-3,5-6,8H2,(H,16,18)/t11-/m0/s1. The van der Waals surface area contributed by atoms with Crippen LogP contribution < -0.4 is 5.32 Å². The van der Waals surface area contributed by atoms with Gasteiger partial charge in [0.15, 0.2) is 5.78 Å². The number of fused-ring (bicyclic) bond motifs is 1. The van der Waals surface area contributed by atoms with Crippen molar-refractivity contribution >= 4 is 17.7 Å². The second kappa shape index (κ2) is 5.07. The monoisotopic (exact) mass is 273 g/mol. The van der Waals surface area contributed by atoms with E-state index < -0.39 is 5.97 Å². The summed E-state index contributed by atoms with van der Waals surface area (Å²) in [6, 6.07) is 4.97. The molecule has 0 aromatic heterocycles. The molecule has 1 amide bonds. The van der Waals surface area contributed by atoms with Gasteiger partial charge in [0.1, 0.15) is 6.61 Å². The summed E-state index contributed by atoms with van der Waals surface area (Å²) in [6.07, 6.45) is 2.39. The fraction of sp³-hybridized carbons (Fsp3) is 0.400. The van der Waals surface area contributed by atoms with Gasteiger partial charge in [-0.15, -0.1) is 0 Å². The van der Waals surface area contributed by atoms with Gasteiger partial charge in [0, 0.05) is 18.4 Å². The second-order valence-corrected chi connectivity index (χ2v) is 5.20. The maximum Gasteiger partial charge on any atom is 0.338 e. The van der Waals surface area contributed by atoms with Crippen LogP contribution in [0.1, 0.15) is 45.5 Å². The molecule has 20 heavy (non-hydrogen) atoms. The van der Waals surface area contributed by atoms with Crippen molar-refractivity contribution in [2.24, 2.45) is 0 Å². The minimum absolute atomic E-state index is 0.00194. The van der Waals surface area contributed by atoms with Gasteiger partial charge in [-0.1, -0.05) is 6.07 Å². The first-order valence-corrected chi connectivity index (χ1v) is 6.76. The van der Waals surface area contributed by atoms with E-state index in [4.69, 9.17) is 4.74 Å². The second-order valence-electron chi connectivity index (χ2n) is 5.20. The number of benzene rings is 1. The average Bonchev–Trinajstić information content (AvgIpc) is 3.02. The van der Waals surface area contributed by atoms with Gasteiger partial charge in [0.25, 0.3) is 0 Å². The topological polar surface area (TPSA) is 72.5 Å². The van der Waals surface area contributed by atoms with Gasteiger partial charge >= 0.3 is 5.97 Å². The maximum absolute atomic E-state index is 11.9. The number of amides is 1. The highest BCUT2D eigenvalue weighted by Gasteiger charge is 2.24. The average molecular weight is 273 g/mol.